The molecule has 1 aliphatic heterocycles. The molecule has 3 heterocycles. The zero-order valence-electron chi connectivity index (χ0n) is 13.8. The molecule has 128 valence electrons. The van der Waals surface area contributed by atoms with E-state index in [1.54, 1.807) is 16.2 Å². The summed E-state index contributed by atoms with van der Waals surface area (Å²) in [4.78, 5) is 19.0. The molecule has 1 unspecified atom stereocenters. The van der Waals surface area contributed by atoms with Crippen LogP contribution < -0.4 is 10.6 Å². The number of thiophene rings is 1. The molecule has 0 aliphatic carbocycles. The second-order valence-electron chi connectivity index (χ2n) is 6.18. The highest BCUT2D eigenvalue weighted by Gasteiger charge is 2.31. The Hall–Kier alpha value is -2.73. The van der Waals surface area contributed by atoms with E-state index in [1.807, 2.05) is 24.5 Å². The number of H-pyrrole nitrogens is 1. The standard InChI is InChI=1S/C19H20N4OS/c20-19(24)23-9-8-22(12-17(23)15-6-7-21-11-15)18-10-16(13-25-18)14-4-2-1-3-5-14/h1-7,10-11,13,17,21H,8-9,12H2,(H2,20,24). The van der Waals surface area contributed by atoms with E-state index in [0.29, 0.717) is 6.54 Å². The number of amides is 2. The zero-order valence-corrected chi connectivity index (χ0v) is 14.6. The minimum atomic E-state index is -0.359. The van der Waals surface area contributed by atoms with E-state index in [4.69, 9.17) is 5.73 Å². The summed E-state index contributed by atoms with van der Waals surface area (Å²) in [6.45, 7) is 2.16. The van der Waals surface area contributed by atoms with Crippen molar-refractivity contribution in [3.05, 3.63) is 65.8 Å². The van der Waals surface area contributed by atoms with Crippen LogP contribution in [0.5, 0.6) is 0 Å². The van der Waals surface area contributed by atoms with Crippen molar-refractivity contribution in [3.8, 4) is 11.1 Å². The molecular weight excluding hydrogens is 332 g/mol. The number of aromatic nitrogens is 1. The average Bonchev–Trinajstić information content (AvgIpc) is 3.34. The van der Waals surface area contributed by atoms with Crippen LogP contribution in [0.4, 0.5) is 9.80 Å². The van der Waals surface area contributed by atoms with Gasteiger partial charge in [-0.3, -0.25) is 0 Å². The van der Waals surface area contributed by atoms with Crippen LogP contribution in [-0.2, 0) is 0 Å². The largest absolute Gasteiger partial charge is 0.367 e. The van der Waals surface area contributed by atoms with Gasteiger partial charge < -0.3 is 20.5 Å². The van der Waals surface area contributed by atoms with Gasteiger partial charge >= 0.3 is 6.03 Å². The topological polar surface area (TPSA) is 65.4 Å². The molecule has 0 bridgehead atoms. The fraction of sp³-hybridized carbons (Fsp3) is 0.211. The SMILES string of the molecule is NC(=O)N1CCN(c2cc(-c3ccccc3)cs2)CC1c1cc[nH]c1. The lowest BCUT2D eigenvalue weighted by Gasteiger charge is -2.40. The number of hydrogen-bond acceptors (Lipinski definition) is 3. The monoisotopic (exact) mass is 352 g/mol. The van der Waals surface area contributed by atoms with Gasteiger partial charge in [0.25, 0.3) is 0 Å². The normalized spacial score (nSPS) is 17.7. The number of nitrogens with two attached hydrogens (primary N) is 1. The van der Waals surface area contributed by atoms with Crippen molar-refractivity contribution in [2.24, 2.45) is 5.73 Å². The summed E-state index contributed by atoms with van der Waals surface area (Å²) in [6, 6.07) is 14.2. The lowest BCUT2D eigenvalue weighted by molar-refractivity contribution is 0.175. The Kier molecular flexibility index (Phi) is 4.19. The van der Waals surface area contributed by atoms with Gasteiger partial charge in [0.15, 0.2) is 0 Å². The second-order valence-corrected chi connectivity index (χ2v) is 7.07. The Morgan fingerprint density at radius 1 is 1.16 bits per heavy atom. The number of aromatic amines is 1. The van der Waals surface area contributed by atoms with Gasteiger partial charge in [-0.05, 0) is 28.8 Å². The van der Waals surface area contributed by atoms with Crippen LogP contribution in [0.2, 0.25) is 0 Å². The van der Waals surface area contributed by atoms with E-state index in [2.05, 4.69) is 45.6 Å². The molecule has 2 amide bonds. The summed E-state index contributed by atoms with van der Waals surface area (Å²) in [5, 5.41) is 3.42. The number of carbonyl (C=O) groups is 1. The third kappa shape index (κ3) is 3.13. The number of nitrogens with one attached hydrogen (secondary N) is 1. The average molecular weight is 352 g/mol. The molecule has 1 aromatic carbocycles. The molecule has 1 aliphatic rings. The Balaban J connectivity index is 1.58. The van der Waals surface area contributed by atoms with Crippen molar-refractivity contribution in [1.29, 1.82) is 0 Å². The summed E-state index contributed by atoms with van der Waals surface area (Å²) in [5.74, 6) is 0. The number of rotatable bonds is 3. The minimum Gasteiger partial charge on any atom is -0.367 e. The molecule has 5 nitrogen and oxygen atoms in total. The van der Waals surface area contributed by atoms with Crippen molar-refractivity contribution in [3.63, 3.8) is 0 Å². The maximum absolute atomic E-state index is 11.8. The molecule has 25 heavy (non-hydrogen) atoms. The smallest absolute Gasteiger partial charge is 0.315 e. The van der Waals surface area contributed by atoms with Gasteiger partial charge in [-0.15, -0.1) is 11.3 Å². The fourth-order valence-corrected chi connectivity index (χ4v) is 4.31. The van der Waals surface area contributed by atoms with E-state index >= 15 is 0 Å². The van der Waals surface area contributed by atoms with Gasteiger partial charge in [0.2, 0.25) is 0 Å². The van der Waals surface area contributed by atoms with E-state index in [0.717, 1.165) is 18.7 Å². The number of piperazine rings is 1. The predicted octanol–water partition coefficient (Wildman–Crippen LogP) is 3.69. The van der Waals surface area contributed by atoms with Crippen LogP contribution in [0.15, 0.2) is 60.2 Å². The third-order valence-corrected chi connectivity index (χ3v) is 5.66. The molecule has 0 saturated carbocycles. The molecule has 2 aromatic heterocycles. The van der Waals surface area contributed by atoms with Crippen molar-refractivity contribution in [2.45, 2.75) is 6.04 Å². The Morgan fingerprint density at radius 2 is 2.00 bits per heavy atom. The maximum atomic E-state index is 11.8. The number of nitrogens with zero attached hydrogens (tertiary/aromatic N) is 2. The molecule has 3 aromatic rings. The molecule has 0 spiro atoms. The third-order valence-electron chi connectivity index (χ3n) is 4.67. The van der Waals surface area contributed by atoms with Crippen molar-refractivity contribution < 1.29 is 4.79 Å². The lowest BCUT2D eigenvalue weighted by atomic mass is 10.1. The summed E-state index contributed by atoms with van der Waals surface area (Å²) in [7, 11) is 0. The quantitative estimate of drug-likeness (QED) is 0.755. The lowest BCUT2D eigenvalue weighted by Crippen LogP contribution is -2.52. The van der Waals surface area contributed by atoms with Crippen molar-refractivity contribution >= 4 is 22.4 Å². The molecule has 4 rings (SSSR count). The Morgan fingerprint density at radius 3 is 2.72 bits per heavy atom. The van der Waals surface area contributed by atoms with Crippen LogP contribution in [-0.4, -0.2) is 35.5 Å². The van der Waals surface area contributed by atoms with Gasteiger partial charge in [-0.1, -0.05) is 30.3 Å². The van der Waals surface area contributed by atoms with E-state index < -0.39 is 0 Å². The van der Waals surface area contributed by atoms with Crippen molar-refractivity contribution in [2.75, 3.05) is 24.5 Å². The number of primary amides is 1. The van der Waals surface area contributed by atoms with E-state index in [1.165, 1.54) is 16.1 Å². The molecule has 3 N–H and O–H groups in total. The van der Waals surface area contributed by atoms with Crippen LogP contribution >= 0.6 is 11.3 Å². The Bertz CT molecular complexity index is 843. The molecule has 6 heteroatoms. The summed E-state index contributed by atoms with van der Waals surface area (Å²) in [6.07, 6.45) is 3.82. The first kappa shape index (κ1) is 15.8. The first-order valence-electron chi connectivity index (χ1n) is 8.30. The van der Waals surface area contributed by atoms with Crippen LogP contribution in [0.3, 0.4) is 0 Å². The molecule has 1 fully saturated rings. The number of anilines is 1. The molecule has 1 atom stereocenters. The Labute approximate surface area is 150 Å². The highest BCUT2D eigenvalue weighted by atomic mass is 32.1. The molecule has 0 radical (unpaired) electrons. The summed E-state index contributed by atoms with van der Waals surface area (Å²) >= 11 is 1.74. The molecule has 1 saturated heterocycles. The maximum Gasteiger partial charge on any atom is 0.315 e. The van der Waals surface area contributed by atoms with E-state index in [9.17, 15) is 4.79 Å². The molecular formula is C19H20N4OS. The van der Waals surface area contributed by atoms with Gasteiger partial charge in [0.1, 0.15) is 0 Å². The summed E-state index contributed by atoms with van der Waals surface area (Å²) < 4.78 is 0. The minimum absolute atomic E-state index is 0.0280. The number of benzene rings is 1. The van der Waals surface area contributed by atoms with Crippen LogP contribution in [0.25, 0.3) is 11.1 Å². The van der Waals surface area contributed by atoms with Gasteiger partial charge in [0, 0.05) is 37.4 Å². The van der Waals surface area contributed by atoms with Crippen LogP contribution in [0.1, 0.15) is 11.6 Å². The highest BCUT2D eigenvalue weighted by molar-refractivity contribution is 7.14. The van der Waals surface area contributed by atoms with Crippen LogP contribution in [0, 0.1) is 0 Å². The zero-order chi connectivity index (χ0) is 17.2. The van der Waals surface area contributed by atoms with Gasteiger partial charge in [0.05, 0.1) is 11.0 Å². The first-order chi connectivity index (χ1) is 12.2. The number of carbonyl (C=O) groups excluding carboxylic acids is 1. The van der Waals surface area contributed by atoms with Gasteiger partial charge in [-0.25, -0.2) is 4.79 Å². The predicted molar refractivity (Wildman–Crippen MR) is 102 cm³/mol. The van der Waals surface area contributed by atoms with E-state index in [-0.39, 0.29) is 12.1 Å². The second kappa shape index (κ2) is 6.64. The van der Waals surface area contributed by atoms with Crippen molar-refractivity contribution in [1.82, 2.24) is 9.88 Å². The summed E-state index contributed by atoms with van der Waals surface area (Å²) in [5.41, 5.74) is 9.13. The van der Waals surface area contributed by atoms with Gasteiger partial charge in [-0.2, -0.15) is 0 Å². The highest BCUT2D eigenvalue weighted by Crippen LogP contribution is 2.35. The number of hydrogen-bond donors (Lipinski definition) is 2. The first-order valence-corrected chi connectivity index (χ1v) is 9.18. The fourth-order valence-electron chi connectivity index (χ4n) is 3.35. The number of urea groups is 1.